The third-order valence-electron chi connectivity index (χ3n) is 5.93. The number of para-hydroxylation sites is 1. The number of halogens is 1. The average molecular weight is 439 g/mol. The predicted molar refractivity (Wildman–Crippen MR) is 124 cm³/mol. The Morgan fingerprint density at radius 2 is 1.88 bits per heavy atom. The second-order valence-corrected chi connectivity index (χ2v) is 7.89. The fourth-order valence-corrected chi connectivity index (χ4v) is 4.30. The van der Waals surface area contributed by atoms with Crippen LogP contribution in [0.2, 0.25) is 0 Å². The van der Waals surface area contributed by atoms with Crippen molar-refractivity contribution in [3.63, 3.8) is 0 Å². The predicted octanol–water partition coefficient (Wildman–Crippen LogP) is 4.74. The summed E-state index contributed by atoms with van der Waals surface area (Å²) in [6.07, 6.45) is 3.47. The van der Waals surface area contributed by atoms with Crippen LogP contribution >= 0.6 is 0 Å². The summed E-state index contributed by atoms with van der Waals surface area (Å²) in [5.74, 6) is 0.195. The minimum atomic E-state index is -0.436. The van der Waals surface area contributed by atoms with Crippen LogP contribution in [0.15, 0.2) is 77.9 Å². The number of hydrogen-bond donors (Lipinski definition) is 1. The van der Waals surface area contributed by atoms with Crippen molar-refractivity contribution >= 4 is 32.7 Å². The summed E-state index contributed by atoms with van der Waals surface area (Å²) in [5.41, 5.74) is 3.02. The second kappa shape index (κ2) is 7.30. The van der Waals surface area contributed by atoms with Gasteiger partial charge in [0, 0.05) is 29.3 Å². The fraction of sp³-hybridized carbons (Fsp3) is 0.0800. The standard InChI is InChI=1S/C25H18FN5O2/c1-30-22-11-16(33-23-8-3-2-6-20(23)26)9-10-17(22)19-13-28-31(25(32)24(19)30)14-15-5-4-7-21-18(15)12-27-29-21/h2-13H,14H2,1H3,(H,27,29). The lowest BCUT2D eigenvalue weighted by atomic mass is 10.1. The number of rotatable bonds is 4. The highest BCUT2D eigenvalue weighted by Gasteiger charge is 2.16. The number of aryl methyl sites for hydroxylation is 1. The van der Waals surface area contributed by atoms with Gasteiger partial charge in [0.05, 0.1) is 30.0 Å². The molecule has 3 aromatic heterocycles. The SMILES string of the molecule is Cn1c2cc(Oc3ccccc3F)ccc2c2cnn(Cc3cccc4[nH]ncc34)c(=O)c21. The molecule has 6 aromatic rings. The molecule has 0 aliphatic heterocycles. The van der Waals surface area contributed by atoms with E-state index in [0.29, 0.717) is 17.8 Å². The van der Waals surface area contributed by atoms with Crippen molar-refractivity contribution in [2.45, 2.75) is 6.54 Å². The molecule has 0 aliphatic carbocycles. The minimum absolute atomic E-state index is 0.146. The van der Waals surface area contributed by atoms with E-state index in [-0.39, 0.29) is 11.3 Å². The highest BCUT2D eigenvalue weighted by atomic mass is 19.1. The van der Waals surface area contributed by atoms with Crippen molar-refractivity contribution in [3.05, 3.63) is 94.8 Å². The smallest absolute Gasteiger partial charge is 0.291 e. The Bertz CT molecular complexity index is 1730. The molecule has 0 aliphatic rings. The van der Waals surface area contributed by atoms with Crippen LogP contribution in [0, 0.1) is 5.82 Å². The minimum Gasteiger partial charge on any atom is -0.454 e. The third kappa shape index (κ3) is 3.07. The van der Waals surface area contributed by atoms with E-state index in [1.807, 2.05) is 35.9 Å². The van der Waals surface area contributed by atoms with Gasteiger partial charge >= 0.3 is 0 Å². The highest BCUT2D eigenvalue weighted by molar-refractivity contribution is 6.07. The molecule has 6 rings (SSSR count). The first-order valence-electron chi connectivity index (χ1n) is 10.4. The molecule has 0 unspecified atom stereocenters. The van der Waals surface area contributed by atoms with E-state index in [2.05, 4.69) is 15.3 Å². The number of H-pyrrole nitrogens is 1. The first-order valence-corrected chi connectivity index (χ1v) is 10.4. The number of aromatic amines is 1. The Balaban J connectivity index is 1.45. The molecule has 33 heavy (non-hydrogen) atoms. The van der Waals surface area contributed by atoms with Gasteiger partial charge in [-0.15, -0.1) is 0 Å². The number of nitrogens with zero attached hydrogens (tertiary/aromatic N) is 4. The van der Waals surface area contributed by atoms with E-state index < -0.39 is 5.82 Å². The molecule has 0 atom stereocenters. The van der Waals surface area contributed by atoms with E-state index in [0.717, 1.165) is 32.8 Å². The van der Waals surface area contributed by atoms with E-state index in [1.165, 1.54) is 10.7 Å². The van der Waals surface area contributed by atoms with Crippen molar-refractivity contribution in [1.82, 2.24) is 24.5 Å². The van der Waals surface area contributed by atoms with Crippen molar-refractivity contribution in [3.8, 4) is 11.5 Å². The average Bonchev–Trinajstić information content (AvgIpc) is 3.41. The van der Waals surface area contributed by atoms with Crippen molar-refractivity contribution in [1.29, 1.82) is 0 Å². The van der Waals surface area contributed by atoms with Gasteiger partial charge in [-0.05, 0) is 35.9 Å². The number of ether oxygens (including phenoxy) is 1. The highest BCUT2D eigenvalue weighted by Crippen LogP contribution is 2.31. The number of nitrogens with one attached hydrogen (secondary N) is 1. The van der Waals surface area contributed by atoms with Crippen molar-refractivity contribution in [2.24, 2.45) is 7.05 Å². The van der Waals surface area contributed by atoms with Crippen LogP contribution < -0.4 is 10.3 Å². The third-order valence-corrected chi connectivity index (χ3v) is 5.93. The van der Waals surface area contributed by atoms with Gasteiger partial charge in [0.2, 0.25) is 0 Å². The van der Waals surface area contributed by atoms with Gasteiger partial charge < -0.3 is 9.30 Å². The van der Waals surface area contributed by atoms with Gasteiger partial charge in [0.1, 0.15) is 11.3 Å². The summed E-state index contributed by atoms with van der Waals surface area (Å²) in [6, 6.07) is 17.5. The van der Waals surface area contributed by atoms with Crippen LogP contribution in [-0.2, 0) is 13.6 Å². The molecular weight excluding hydrogens is 421 g/mol. The van der Waals surface area contributed by atoms with Crippen LogP contribution in [-0.4, -0.2) is 24.5 Å². The Kier molecular flexibility index (Phi) is 4.26. The first kappa shape index (κ1) is 19.2. The molecule has 0 amide bonds. The van der Waals surface area contributed by atoms with Crippen LogP contribution in [0.4, 0.5) is 4.39 Å². The van der Waals surface area contributed by atoms with E-state index >= 15 is 0 Å². The summed E-state index contributed by atoms with van der Waals surface area (Å²) in [5, 5.41) is 14.1. The molecule has 3 heterocycles. The number of hydrogen-bond acceptors (Lipinski definition) is 4. The van der Waals surface area contributed by atoms with E-state index in [9.17, 15) is 9.18 Å². The lowest BCUT2D eigenvalue weighted by Gasteiger charge is -2.07. The van der Waals surface area contributed by atoms with Crippen LogP contribution in [0.5, 0.6) is 11.5 Å². The van der Waals surface area contributed by atoms with Gasteiger partial charge in [0.25, 0.3) is 5.56 Å². The molecule has 0 radical (unpaired) electrons. The van der Waals surface area contributed by atoms with E-state index in [1.54, 1.807) is 42.7 Å². The lowest BCUT2D eigenvalue weighted by molar-refractivity contribution is 0.442. The Labute approximate surface area is 186 Å². The topological polar surface area (TPSA) is 77.7 Å². The maximum absolute atomic E-state index is 14.0. The zero-order valence-electron chi connectivity index (χ0n) is 17.6. The largest absolute Gasteiger partial charge is 0.454 e. The van der Waals surface area contributed by atoms with Crippen LogP contribution in [0.1, 0.15) is 5.56 Å². The normalized spacial score (nSPS) is 11.6. The van der Waals surface area contributed by atoms with Gasteiger partial charge in [0.15, 0.2) is 11.6 Å². The first-order chi connectivity index (χ1) is 16.1. The summed E-state index contributed by atoms with van der Waals surface area (Å²) in [4.78, 5) is 13.4. The zero-order valence-corrected chi connectivity index (χ0v) is 17.6. The summed E-state index contributed by atoms with van der Waals surface area (Å²) < 4.78 is 23.0. The Morgan fingerprint density at radius 1 is 1.00 bits per heavy atom. The number of fused-ring (bicyclic) bond motifs is 4. The quantitative estimate of drug-likeness (QED) is 0.430. The second-order valence-electron chi connectivity index (χ2n) is 7.89. The monoisotopic (exact) mass is 439 g/mol. The van der Waals surface area contributed by atoms with Crippen LogP contribution in [0.3, 0.4) is 0 Å². The van der Waals surface area contributed by atoms with Gasteiger partial charge in [-0.25, -0.2) is 9.07 Å². The van der Waals surface area contributed by atoms with Crippen molar-refractivity contribution in [2.75, 3.05) is 0 Å². The Hall–Kier alpha value is -4.46. The molecule has 0 spiro atoms. The zero-order chi connectivity index (χ0) is 22.5. The summed E-state index contributed by atoms with van der Waals surface area (Å²) in [6.45, 7) is 0.328. The van der Waals surface area contributed by atoms with Crippen LogP contribution in [0.25, 0.3) is 32.7 Å². The molecule has 7 nitrogen and oxygen atoms in total. The van der Waals surface area contributed by atoms with Gasteiger partial charge in [-0.2, -0.15) is 10.2 Å². The molecule has 0 fully saturated rings. The summed E-state index contributed by atoms with van der Waals surface area (Å²) in [7, 11) is 1.83. The number of aromatic nitrogens is 5. The lowest BCUT2D eigenvalue weighted by Crippen LogP contribution is -2.24. The van der Waals surface area contributed by atoms with Crippen molar-refractivity contribution < 1.29 is 9.13 Å². The maximum atomic E-state index is 14.0. The van der Waals surface area contributed by atoms with Gasteiger partial charge in [-0.3, -0.25) is 9.89 Å². The molecule has 0 bridgehead atoms. The maximum Gasteiger partial charge on any atom is 0.291 e. The molecule has 8 heteroatoms. The van der Waals surface area contributed by atoms with E-state index in [4.69, 9.17) is 4.74 Å². The number of benzene rings is 3. The molecule has 162 valence electrons. The van der Waals surface area contributed by atoms with Gasteiger partial charge in [-0.1, -0.05) is 24.3 Å². The summed E-state index contributed by atoms with van der Waals surface area (Å²) >= 11 is 0. The fourth-order valence-electron chi connectivity index (χ4n) is 4.30. The molecule has 1 N–H and O–H groups in total. The molecular formula is C25H18FN5O2. The molecule has 3 aromatic carbocycles. The Morgan fingerprint density at radius 3 is 2.76 bits per heavy atom. The molecule has 0 saturated carbocycles. The molecule has 0 saturated heterocycles.